The minimum atomic E-state index is -0.268. The molecule has 2 N–H and O–H groups in total. The van der Waals surface area contributed by atoms with Gasteiger partial charge in [-0.2, -0.15) is 5.10 Å². The van der Waals surface area contributed by atoms with Gasteiger partial charge in [-0.15, -0.1) is 0 Å². The molecule has 0 fully saturated rings. The summed E-state index contributed by atoms with van der Waals surface area (Å²) in [5, 5.41) is 9.90. The van der Waals surface area contributed by atoms with Crippen molar-refractivity contribution >= 4 is 11.7 Å². The summed E-state index contributed by atoms with van der Waals surface area (Å²) in [5.41, 5.74) is 0.648. The van der Waals surface area contributed by atoms with Gasteiger partial charge in [-0.3, -0.25) is 4.68 Å². The van der Waals surface area contributed by atoms with Gasteiger partial charge in [0, 0.05) is 0 Å². The second kappa shape index (κ2) is 8.17. The molecular weight excluding hydrogens is 294 g/mol. The number of rotatable bonds is 7. The molecule has 0 spiro atoms. The Labute approximate surface area is 136 Å². The number of carbonyl (C=O) groups excluding carboxylic acids is 1. The van der Waals surface area contributed by atoms with Crippen LogP contribution in [0.3, 0.4) is 0 Å². The summed E-state index contributed by atoms with van der Waals surface area (Å²) in [6, 6.07) is 7.04. The lowest BCUT2D eigenvalue weighted by Gasteiger charge is -2.22. The van der Waals surface area contributed by atoms with Crippen molar-refractivity contribution in [3.8, 4) is 5.75 Å². The van der Waals surface area contributed by atoms with Crippen LogP contribution in [0.15, 0.2) is 36.9 Å². The molecule has 2 aromatic rings. The van der Waals surface area contributed by atoms with Gasteiger partial charge >= 0.3 is 6.03 Å². The van der Waals surface area contributed by atoms with E-state index >= 15 is 0 Å². The van der Waals surface area contributed by atoms with Crippen molar-refractivity contribution in [1.29, 1.82) is 0 Å². The number of anilines is 1. The molecule has 0 saturated carbocycles. The number of ether oxygens (including phenoxy) is 1. The first-order valence-electron chi connectivity index (χ1n) is 7.72. The maximum absolute atomic E-state index is 12.3. The van der Waals surface area contributed by atoms with Crippen LogP contribution in [0.2, 0.25) is 0 Å². The van der Waals surface area contributed by atoms with Crippen molar-refractivity contribution in [2.24, 2.45) is 5.92 Å². The van der Waals surface area contributed by atoms with Crippen molar-refractivity contribution in [3.05, 3.63) is 36.9 Å². The molecule has 1 atom stereocenters. The number of nitrogens with one attached hydrogen (secondary N) is 2. The molecule has 0 radical (unpaired) electrons. The number of nitrogens with zero attached hydrogens (tertiary/aromatic N) is 3. The number of urea groups is 1. The van der Waals surface area contributed by atoms with Gasteiger partial charge in [0.2, 0.25) is 0 Å². The van der Waals surface area contributed by atoms with E-state index in [1.54, 1.807) is 11.0 Å². The molecule has 23 heavy (non-hydrogen) atoms. The SMILES string of the molecule is CCOc1ccccc1NC(=O)NC(Cn1cncn1)C(C)C. The van der Waals surface area contributed by atoms with Crippen molar-refractivity contribution < 1.29 is 9.53 Å². The molecule has 2 rings (SSSR count). The topological polar surface area (TPSA) is 81.1 Å². The van der Waals surface area contributed by atoms with Gasteiger partial charge in [-0.05, 0) is 25.0 Å². The van der Waals surface area contributed by atoms with Gasteiger partial charge in [0.25, 0.3) is 0 Å². The Morgan fingerprint density at radius 1 is 1.35 bits per heavy atom. The molecule has 1 heterocycles. The van der Waals surface area contributed by atoms with Crippen LogP contribution in [0.25, 0.3) is 0 Å². The number of hydrogen-bond donors (Lipinski definition) is 2. The molecule has 0 bridgehead atoms. The minimum absolute atomic E-state index is 0.0593. The lowest BCUT2D eigenvalue weighted by Crippen LogP contribution is -2.43. The predicted octanol–water partition coefficient (Wildman–Crippen LogP) is 2.52. The minimum Gasteiger partial charge on any atom is -0.492 e. The molecule has 1 aromatic heterocycles. The average molecular weight is 317 g/mol. The highest BCUT2D eigenvalue weighted by Gasteiger charge is 2.18. The fourth-order valence-electron chi connectivity index (χ4n) is 2.13. The predicted molar refractivity (Wildman–Crippen MR) is 88.4 cm³/mol. The van der Waals surface area contributed by atoms with Gasteiger partial charge in [0.1, 0.15) is 18.4 Å². The summed E-state index contributed by atoms with van der Waals surface area (Å²) < 4.78 is 7.22. The van der Waals surface area contributed by atoms with Crippen LogP contribution >= 0.6 is 0 Å². The summed E-state index contributed by atoms with van der Waals surface area (Å²) in [6.07, 6.45) is 3.12. The summed E-state index contributed by atoms with van der Waals surface area (Å²) in [7, 11) is 0. The highest BCUT2D eigenvalue weighted by atomic mass is 16.5. The number of aromatic nitrogens is 3. The van der Waals surface area contributed by atoms with Crippen LogP contribution in [-0.2, 0) is 6.54 Å². The number of para-hydroxylation sites is 2. The third kappa shape index (κ3) is 4.98. The van der Waals surface area contributed by atoms with Crippen molar-refractivity contribution in [2.75, 3.05) is 11.9 Å². The number of carbonyl (C=O) groups is 1. The van der Waals surface area contributed by atoms with E-state index in [0.29, 0.717) is 24.6 Å². The van der Waals surface area contributed by atoms with E-state index in [4.69, 9.17) is 4.74 Å². The Bertz CT molecular complexity index is 613. The van der Waals surface area contributed by atoms with Crippen molar-refractivity contribution in [2.45, 2.75) is 33.4 Å². The maximum Gasteiger partial charge on any atom is 0.319 e. The second-order valence-electron chi connectivity index (χ2n) is 5.50. The molecule has 1 unspecified atom stereocenters. The standard InChI is InChI=1S/C16H23N5O2/c1-4-23-15-8-6-5-7-13(15)19-16(22)20-14(12(2)3)9-21-11-17-10-18-21/h5-8,10-12,14H,4,9H2,1-3H3,(H2,19,20,22). The Balaban J connectivity index is 1.99. The van der Waals surface area contributed by atoms with E-state index in [1.807, 2.05) is 31.2 Å². The second-order valence-corrected chi connectivity index (χ2v) is 5.50. The summed E-state index contributed by atoms with van der Waals surface area (Å²) in [5.74, 6) is 0.912. The van der Waals surface area contributed by atoms with Gasteiger partial charge in [0.15, 0.2) is 0 Å². The van der Waals surface area contributed by atoms with E-state index in [2.05, 4.69) is 34.6 Å². The first-order valence-corrected chi connectivity index (χ1v) is 7.72. The number of hydrogen-bond acceptors (Lipinski definition) is 4. The highest BCUT2D eigenvalue weighted by molar-refractivity contribution is 5.91. The monoisotopic (exact) mass is 317 g/mol. The van der Waals surface area contributed by atoms with Crippen LogP contribution in [0.5, 0.6) is 5.75 Å². The van der Waals surface area contributed by atoms with Crippen LogP contribution in [0, 0.1) is 5.92 Å². The average Bonchev–Trinajstić information content (AvgIpc) is 3.02. The molecule has 7 nitrogen and oxygen atoms in total. The summed E-state index contributed by atoms with van der Waals surface area (Å²) in [6.45, 7) is 7.12. The van der Waals surface area contributed by atoms with E-state index in [1.165, 1.54) is 6.33 Å². The molecule has 7 heteroatoms. The molecular formula is C16H23N5O2. The summed E-state index contributed by atoms with van der Waals surface area (Å²) in [4.78, 5) is 16.2. The largest absolute Gasteiger partial charge is 0.492 e. The Kier molecular flexibility index (Phi) is 5.96. The van der Waals surface area contributed by atoms with Crippen molar-refractivity contribution in [1.82, 2.24) is 20.1 Å². The van der Waals surface area contributed by atoms with Gasteiger partial charge in [0.05, 0.1) is 24.9 Å². The quantitative estimate of drug-likeness (QED) is 0.822. The normalized spacial score (nSPS) is 12.0. The maximum atomic E-state index is 12.3. The zero-order valence-electron chi connectivity index (χ0n) is 13.7. The zero-order valence-corrected chi connectivity index (χ0v) is 13.7. The number of amides is 2. The van der Waals surface area contributed by atoms with E-state index in [-0.39, 0.29) is 18.0 Å². The Hall–Kier alpha value is -2.57. The summed E-state index contributed by atoms with van der Waals surface area (Å²) >= 11 is 0. The van der Waals surface area contributed by atoms with E-state index in [0.717, 1.165) is 0 Å². The fraction of sp³-hybridized carbons (Fsp3) is 0.438. The van der Waals surface area contributed by atoms with Crippen LogP contribution in [-0.4, -0.2) is 33.4 Å². The third-order valence-corrected chi connectivity index (χ3v) is 3.41. The Morgan fingerprint density at radius 3 is 2.78 bits per heavy atom. The van der Waals surface area contributed by atoms with Crippen LogP contribution < -0.4 is 15.4 Å². The van der Waals surface area contributed by atoms with Crippen LogP contribution in [0.1, 0.15) is 20.8 Å². The number of benzene rings is 1. The van der Waals surface area contributed by atoms with Crippen LogP contribution in [0.4, 0.5) is 10.5 Å². The fourth-order valence-corrected chi connectivity index (χ4v) is 2.13. The highest BCUT2D eigenvalue weighted by Crippen LogP contribution is 2.23. The van der Waals surface area contributed by atoms with Gasteiger partial charge in [-0.1, -0.05) is 26.0 Å². The first-order chi connectivity index (χ1) is 11.1. The smallest absolute Gasteiger partial charge is 0.319 e. The van der Waals surface area contributed by atoms with Crippen molar-refractivity contribution in [3.63, 3.8) is 0 Å². The van der Waals surface area contributed by atoms with Gasteiger partial charge < -0.3 is 15.4 Å². The van der Waals surface area contributed by atoms with E-state index in [9.17, 15) is 4.79 Å². The van der Waals surface area contributed by atoms with Gasteiger partial charge in [-0.25, -0.2) is 9.78 Å². The molecule has 0 saturated heterocycles. The Morgan fingerprint density at radius 2 is 2.13 bits per heavy atom. The molecule has 2 amide bonds. The molecule has 124 valence electrons. The first kappa shape index (κ1) is 16.8. The lowest BCUT2D eigenvalue weighted by atomic mass is 10.0. The molecule has 0 aliphatic carbocycles. The lowest BCUT2D eigenvalue weighted by molar-refractivity contribution is 0.240. The zero-order chi connectivity index (χ0) is 16.7. The molecule has 1 aromatic carbocycles. The molecule has 0 aliphatic heterocycles. The van der Waals surface area contributed by atoms with E-state index < -0.39 is 0 Å². The molecule has 0 aliphatic rings. The third-order valence-electron chi connectivity index (χ3n) is 3.41.